The molecule has 2 rings (SSSR count). The van der Waals surface area contributed by atoms with Gasteiger partial charge in [-0.05, 0) is 35.6 Å². The van der Waals surface area contributed by atoms with E-state index in [2.05, 4.69) is 42.1 Å². The van der Waals surface area contributed by atoms with Gasteiger partial charge in [-0.3, -0.25) is 0 Å². The number of rotatable bonds is 2. The summed E-state index contributed by atoms with van der Waals surface area (Å²) in [7, 11) is 0. The lowest BCUT2D eigenvalue weighted by Crippen LogP contribution is -2.13. The van der Waals surface area contributed by atoms with E-state index in [1.165, 1.54) is 5.56 Å². The summed E-state index contributed by atoms with van der Waals surface area (Å²) in [5, 5.41) is 3.59. The van der Waals surface area contributed by atoms with Gasteiger partial charge in [0.05, 0.1) is 0 Å². The van der Waals surface area contributed by atoms with Gasteiger partial charge >= 0.3 is 0 Å². The molecule has 0 aliphatic heterocycles. The van der Waals surface area contributed by atoms with E-state index in [-0.39, 0.29) is 10.7 Å². The highest BCUT2D eigenvalue weighted by atomic mass is 35.5. The highest BCUT2D eigenvalue weighted by Crippen LogP contribution is 2.31. The first-order chi connectivity index (χ1) is 8.86. The predicted octanol–water partition coefficient (Wildman–Crippen LogP) is 4.48. The van der Waals surface area contributed by atoms with Crippen molar-refractivity contribution in [3.05, 3.63) is 46.9 Å². The summed E-state index contributed by atoms with van der Waals surface area (Å²) in [4.78, 5) is 8.26. The number of hydrogen-bond donors (Lipinski definition) is 1. The Bertz CT molecular complexity index is 568. The Morgan fingerprint density at radius 1 is 1.11 bits per heavy atom. The number of aryl methyl sites for hydroxylation is 1. The first kappa shape index (κ1) is 13.8. The molecule has 1 heterocycles. The topological polar surface area (TPSA) is 37.8 Å². The maximum Gasteiger partial charge on any atom is 0.224 e. The van der Waals surface area contributed by atoms with Crippen molar-refractivity contribution in [2.75, 3.05) is 5.32 Å². The van der Waals surface area contributed by atoms with Crippen LogP contribution in [0.4, 0.5) is 11.5 Å². The highest BCUT2D eigenvalue weighted by molar-refractivity contribution is 6.28. The fourth-order valence-corrected chi connectivity index (χ4v) is 2.20. The van der Waals surface area contributed by atoms with Gasteiger partial charge in [-0.15, -0.1) is 0 Å². The van der Waals surface area contributed by atoms with Gasteiger partial charge in [-0.25, -0.2) is 9.97 Å². The van der Waals surface area contributed by atoms with Crippen LogP contribution in [0.1, 0.15) is 32.0 Å². The van der Waals surface area contributed by atoms with Crippen molar-refractivity contribution in [2.45, 2.75) is 33.1 Å². The number of para-hydroxylation sites is 1. The van der Waals surface area contributed by atoms with Crippen LogP contribution in [0.5, 0.6) is 0 Å². The van der Waals surface area contributed by atoms with Gasteiger partial charge in [0.15, 0.2) is 0 Å². The van der Waals surface area contributed by atoms with E-state index in [9.17, 15) is 0 Å². The number of halogens is 1. The third-order valence-corrected chi connectivity index (χ3v) is 2.99. The second-order valence-corrected chi connectivity index (χ2v) is 5.92. The van der Waals surface area contributed by atoms with Gasteiger partial charge in [-0.1, -0.05) is 39.0 Å². The monoisotopic (exact) mass is 275 g/mol. The maximum atomic E-state index is 5.88. The first-order valence-electron chi connectivity index (χ1n) is 6.24. The third-order valence-electron chi connectivity index (χ3n) is 2.82. The van der Waals surface area contributed by atoms with Crippen LogP contribution < -0.4 is 5.32 Å². The number of nitrogens with zero attached hydrogens (tertiary/aromatic N) is 2. The smallest absolute Gasteiger partial charge is 0.224 e. The van der Waals surface area contributed by atoms with Crippen LogP contribution in [-0.4, -0.2) is 9.97 Å². The largest absolute Gasteiger partial charge is 0.340 e. The zero-order valence-electron chi connectivity index (χ0n) is 11.7. The van der Waals surface area contributed by atoms with Gasteiger partial charge in [0.1, 0.15) is 5.82 Å². The normalized spacial score (nSPS) is 11.4. The lowest BCUT2D eigenvalue weighted by molar-refractivity contribution is 0.592. The van der Waals surface area contributed by atoms with E-state index in [0.29, 0.717) is 5.82 Å². The number of hydrogen-bond acceptors (Lipinski definition) is 3. The quantitative estimate of drug-likeness (QED) is 0.821. The Morgan fingerprint density at radius 2 is 1.79 bits per heavy atom. The van der Waals surface area contributed by atoms with E-state index >= 15 is 0 Å². The molecule has 0 aliphatic rings. The molecule has 0 saturated heterocycles. The highest BCUT2D eigenvalue weighted by Gasteiger charge is 2.17. The van der Waals surface area contributed by atoms with Crippen molar-refractivity contribution in [2.24, 2.45) is 0 Å². The Balaban J connectivity index is 2.38. The number of benzene rings is 1. The Labute approximate surface area is 119 Å². The van der Waals surface area contributed by atoms with E-state index < -0.39 is 0 Å². The fraction of sp³-hybridized carbons (Fsp3) is 0.333. The minimum absolute atomic E-state index is 0.0649. The van der Waals surface area contributed by atoms with Crippen LogP contribution in [0.25, 0.3) is 0 Å². The molecule has 0 bridgehead atoms. The summed E-state index contributed by atoms with van der Waals surface area (Å²) < 4.78 is 0. The molecule has 0 radical (unpaired) electrons. The minimum atomic E-state index is 0.0649. The maximum absolute atomic E-state index is 5.88. The molecule has 1 N–H and O–H groups in total. The van der Waals surface area contributed by atoms with Gasteiger partial charge in [-0.2, -0.15) is 0 Å². The summed E-state index contributed by atoms with van der Waals surface area (Å²) in [5.41, 5.74) is 3.19. The van der Waals surface area contributed by atoms with Crippen molar-refractivity contribution >= 4 is 23.1 Å². The summed E-state index contributed by atoms with van der Waals surface area (Å²) in [6.45, 7) is 8.46. The second-order valence-electron chi connectivity index (χ2n) is 5.58. The van der Waals surface area contributed by atoms with Crippen LogP contribution in [0.3, 0.4) is 0 Å². The zero-order chi connectivity index (χ0) is 14.0. The average Bonchev–Trinajstić information content (AvgIpc) is 2.26. The summed E-state index contributed by atoms with van der Waals surface area (Å²) in [6, 6.07) is 10.1. The molecular weight excluding hydrogens is 258 g/mol. The lowest BCUT2D eigenvalue weighted by Gasteiger charge is -2.23. The molecule has 3 nitrogen and oxygen atoms in total. The van der Waals surface area contributed by atoms with Crippen LogP contribution in [-0.2, 0) is 5.41 Å². The van der Waals surface area contributed by atoms with Crippen LogP contribution in [0.15, 0.2) is 30.3 Å². The number of nitrogens with one attached hydrogen (secondary N) is 1. The van der Waals surface area contributed by atoms with Crippen molar-refractivity contribution in [1.29, 1.82) is 0 Å². The van der Waals surface area contributed by atoms with E-state index in [0.717, 1.165) is 11.4 Å². The molecular formula is C15H18ClN3. The Morgan fingerprint density at radius 3 is 2.42 bits per heavy atom. The zero-order valence-corrected chi connectivity index (χ0v) is 12.4. The molecule has 0 atom stereocenters. The van der Waals surface area contributed by atoms with Gasteiger partial charge in [0.2, 0.25) is 5.28 Å². The summed E-state index contributed by atoms with van der Waals surface area (Å²) >= 11 is 5.88. The summed E-state index contributed by atoms with van der Waals surface area (Å²) in [6.07, 6.45) is 0. The van der Waals surface area contributed by atoms with Crippen LogP contribution in [0.2, 0.25) is 5.28 Å². The molecule has 0 amide bonds. The molecule has 4 heteroatoms. The Hall–Kier alpha value is -1.61. The molecule has 0 spiro atoms. The van der Waals surface area contributed by atoms with Crippen LogP contribution in [0, 0.1) is 6.92 Å². The lowest BCUT2D eigenvalue weighted by atomic mass is 9.86. The predicted molar refractivity (Wildman–Crippen MR) is 80.2 cm³/mol. The molecule has 19 heavy (non-hydrogen) atoms. The number of anilines is 2. The minimum Gasteiger partial charge on any atom is -0.340 e. The standard InChI is InChI=1S/C15H18ClN3/c1-10-9-13(19-14(16)17-10)18-12-8-6-5-7-11(12)15(2,3)4/h5-9H,1-4H3,(H,17,18,19). The molecule has 1 aromatic carbocycles. The van der Waals surface area contributed by atoms with Gasteiger partial charge in [0.25, 0.3) is 0 Å². The van der Waals surface area contributed by atoms with Crippen LogP contribution >= 0.6 is 11.6 Å². The first-order valence-corrected chi connectivity index (χ1v) is 6.62. The molecule has 100 valence electrons. The Kier molecular flexibility index (Phi) is 3.76. The van der Waals surface area contributed by atoms with Gasteiger partial charge < -0.3 is 5.32 Å². The van der Waals surface area contributed by atoms with Crippen molar-refractivity contribution in [1.82, 2.24) is 9.97 Å². The second kappa shape index (κ2) is 5.17. The molecule has 0 saturated carbocycles. The van der Waals surface area contributed by atoms with Gasteiger partial charge in [0, 0.05) is 17.4 Å². The molecule has 2 aromatic rings. The molecule has 0 fully saturated rings. The van der Waals surface area contributed by atoms with Crippen molar-refractivity contribution in [3.8, 4) is 0 Å². The summed E-state index contributed by atoms with van der Waals surface area (Å²) in [5.74, 6) is 0.717. The SMILES string of the molecule is Cc1cc(Nc2ccccc2C(C)(C)C)nc(Cl)n1. The van der Waals surface area contributed by atoms with E-state index in [1.54, 1.807) is 0 Å². The van der Waals surface area contributed by atoms with E-state index in [4.69, 9.17) is 11.6 Å². The molecule has 0 aliphatic carbocycles. The number of aromatic nitrogens is 2. The molecule has 0 unspecified atom stereocenters. The van der Waals surface area contributed by atoms with Crippen molar-refractivity contribution < 1.29 is 0 Å². The average molecular weight is 276 g/mol. The fourth-order valence-electron chi connectivity index (χ4n) is 1.98. The molecule has 1 aromatic heterocycles. The van der Waals surface area contributed by atoms with E-state index in [1.807, 2.05) is 31.2 Å². The van der Waals surface area contributed by atoms with Crippen molar-refractivity contribution in [3.63, 3.8) is 0 Å². The third kappa shape index (κ3) is 3.44.